The van der Waals surface area contributed by atoms with Gasteiger partial charge in [-0.2, -0.15) is 0 Å². The molecule has 0 fully saturated rings. The molecule has 3 rings (SSSR count). The number of esters is 1. The van der Waals surface area contributed by atoms with Crippen LogP contribution in [0, 0.1) is 20.8 Å². The third-order valence-corrected chi connectivity index (χ3v) is 4.44. The Bertz CT molecular complexity index is 956. The maximum absolute atomic E-state index is 12.1. The van der Waals surface area contributed by atoms with Crippen molar-refractivity contribution in [3.8, 4) is 0 Å². The molecule has 0 bridgehead atoms. The second-order valence-corrected chi connectivity index (χ2v) is 6.88. The summed E-state index contributed by atoms with van der Waals surface area (Å²) in [4.78, 5) is 30.6. The third-order valence-electron chi connectivity index (χ3n) is 3.47. The molecule has 5 nitrogen and oxygen atoms in total. The minimum atomic E-state index is -0.391. The highest BCUT2D eigenvalue weighted by Gasteiger charge is 2.14. The van der Waals surface area contributed by atoms with E-state index in [1.54, 1.807) is 23.6 Å². The molecule has 0 spiro atoms. The molecular weight excluding hydrogens is 312 g/mol. The van der Waals surface area contributed by atoms with Crippen LogP contribution in [0.15, 0.2) is 35.3 Å². The van der Waals surface area contributed by atoms with Crippen LogP contribution in [0.5, 0.6) is 0 Å². The van der Waals surface area contributed by atoms with Gasteiger partial charge in [0.05, 0.1) is 11.3 Å². The highest BCUT2D eigenvalue weighted by atomic mass is 32.1. The van der Waals surface area contributed by atoms with Crippen molar-refractivity contribution in [3.63, 3.8) is 0 Å². The molecular formula is C17H16N2O3S. The van der Waals surface area contributed by atoms with Gasteiger partial charge in [0.25, 0.3) is 5.56 Å². The molecule has 0 atom stereocenters. The molecule has 23 heavy (non-hydrogen) atoms. The highest BCUT2D eigenvalue weighted by Crippen LogP contribution is 2.21. The second-order valence-electron chi connectivity index (χ2n) is 5.42. The number of aromatic nitrogens is 2. The maximum Gasteiger partial charge on any atom is 0.339 e. The number of aryl methyl sites for hydroxylation is 3. The lowest BCUT2D eigenvalue weighted by Gasteiger charge is -2.06. The first-order valence-corrected chi connectivity index (χ1v) is 7.99. The summed E-state index contributed by atoms with van der Waals surface area (Å²) in [5.41, 5.74) is 2.34. The number of rotatable bonds is 3. The molecule has 3 heterocycles. The highest BCUT2D eigenvalue weighted by molar-refractivity contribution is 7.12. The normalized spacial score (nSPS) is 10.9. The second kappa shape index (κ2) is 5.96. The van der Waals surface area contributed by atoms with E-state index in [2.05, 4.69) is 4.98 Å². The number of hydrogen-bond acceptors (Lipinski definition) is 5. The lowest BCUT2D eigenvalue weighted by atomic mass is 10.2. The van der Waals surface area contributed by atoms with E-state index in [0.29, 0.717) is 16.9 Å². The van der Waals surface area contributed by atoms with Gasteiger partial charge >= 0.3 is 5.97 Å². The largest absolute Gasteiger partial charge is 0.456 e. The van der Waals surface area contributed by atoms with E-state index in [1.807, 2.05) is 32.9 Å². The van der Waals surface area contributed by atoms with Crippen molar-refractivity contribution >= 4 is 23.0 Å². The Morgan fingerprint density at radius 1 is 1.26 bits per heavy atom. The van der Waals surface area contributed by atoms with Crippen LogP contribution in [0.1, 0.15) is 31.4 Å². The molecule has 0 aliphatic carbocycles. The Morgan fingerprint density at radius 2 is 2.04 bits per heavy atom. The molecule has 0 aliphatic heterocycles. The Kier molecular flexibility index (Phi) is 4.00. The lowest BCUT2D eigenvalue weighted by molar-refractivity contribution is 0.0467. The van der Waals surface area contributed by atoms with Crippen molar-refractivity contribution in [2.24, 2.45) is 0 Å². The summed E-state index contributed by atoms with van der Waals surface area (Å²) in [6.07, 6.45) is 1.73. The first-order chi connectivity index (χ1) is 10.9. The van der Waals surface area contributed by atoms with Crippen LogP contribution in [-0.2, 0) is 11.3 Å². The van der Waals surface area contributed by atoms with Crippen LogP contribution in [-0.4, -0.2) is 15.4 Å². The fourth-order valence-corrected chi connectivity index (χ4v) is 3.29. The molecule has 3 aromatic heterocycles. The smallest absolute Gasteiger partial charge is 0.339 e. The SMILES string of the molecule is Cc1ccc2nc(COC(=O)c3cc(C)sc3C)cc(=O)n2c1. The monoisotopic (exact) mass is 328 g/mol. The number of nitrogens with zero attached hydrogens (tertiary/aromatic N) is 2. The van der Waals surface area contributed by atoms with Crippen LogP contribution in [0.2, 0.25) is 0 Å². The quantitative estimate of drug-likeness (QED) is 0.693. The van der Waals surface area contributed by atoms with Gasteiger partial charge in [-0.1, -0.05) is 6.07 Å². The van der Waals surface area contributed by atoms with Crippen LogP contribution in [0.4, 0.5) is 0 Å². The van der Waals surface area contributed by atoms with E-state index < -0.39 is 5.97 Å². The number of hydrogen-bond donors (Lipinski definition) is 0. The van der Waals surface area contributed by atoms with E-state index in [4.69, 9.17) is 4.74 Å². The van der Waals surface area contributed by atoms with Gasteiger partial charge in [0.2, 0.25) is 0 Å². The molecule has 0 saturated heterocycles. The Hall–Kier alpha value is -2.47. The van der Waals surface area contributed by atoms with Crippen LogP contribution in [0.25, 0.3) is 5.65 Å². The summed E-state index contributed by atoms with van der Waals surface area (Å²) < 4.78 is 6.77. The summed E-state index contributed by atoms with van der Waals surface area (Å²) in [7, 11) is 0. The molecule has 0 saturated carbocycles. The first-order valence-electron chi connectivity index (χ1n) is 7.17. The molecule has 118 valence electrons. The fraction of sp³-hybridized carbons (Fsp3) is 0.235. The number of ether oxygens (including phenoxy) is 1. The number of pyridine rings is 1. The van der Waals surface area contributed by atoms with Gasteiger partial charge in [-0.15, -0.1) is 11.3 Å². The van der Waals surface area contributed by atoms with Crippen molar-refractivity contribution in [2.75, 3.05) is 0 Å². The summed E-state index contributed by atoms with van der Waals surface area (Å²) in [5.74, 6) is -0.391. The minimum Gasteiger partial charge on any atom is -0.456 e. The molecule has 0 aromatic carbocycles. The number of fused-ring (bicyclic) bond motifs is 1. The predicted molar refractivity (Wildman–Crippen MR) is 89.1 cm³/mol. The van der Waals surface area contributed by atoms with Gasteiger partial charge < -0.3 is 4.74 Å². The zero-order valence-corrected chi connectivity index (χ0v) is 13.9. The summed E-state index contributed by atoms with van der Waals surface area (Å²) in [6, 6.07) is 6.86. The fourth-order valence-electron chi connectivity index (χ4n) is 2.38. The molecule has 0 unspecified atom stereocenters. The Morgan fingerprint density at radius 3 is 2.74 bits per heavy atom. The Labute approximate surface area is 137 Å². The average Bonchev–Trinajstić information content (AvgIpc) is 2.84. The molecule has 0 N–H and O–H groups in total. The summed E-state index contributed by atoms with van der Waals surface area (Å²) in [6.45, 7) is 5.72. The molecule has 0 aliphatic rings. The maximum atomic E-state index is 12.1. The van der Waals surface area contributed by atoms with E-state index in [9.17, 15) is 9.59 Å². The van der Waals surface area contributed by atoms with Crippen molar-refractivity contribution in [1.82, 2.24) is 9.38 Å². The van der Waals surface area contributed by atoms with Gasteiger partial charge in [-0.3, -0.25) is 9.20 Å². The average molecular weight is 328 g/mol. The van der Waals surface area contributed by atoms with Crippen molar-refractivity contribution in [3.05, 3.63) is 67.4 Å². The molecule has 3 aromatic rings. The van der Waals surface area contributed by atoms with Gasteiger partial charge in [-0.25, -0.2) is 9.78 Å². The van der Waals surface area contributed by atoms with E-state index in [0.717, 1.165) is 15.3 Å². The summed E-state index contributed by atoms with van der Waals surface area (Å²) in [5, 5.41) is 0. The van der Waals surface area contributed by atoms with Crippen molar-refractivity contribution < 1.29 is 9.53 Å². The predicted octanol–water partition coefficient (Wildman–Crippen LogP) is 3.04. The zero-order valence-electron chi connectivity index (χ0n) is 13.1. The standard InChI is InChI=1S/C17H16N2O3S/c1-10-4-5-15-18-13(7-16(20)19(15)8-10)9-22-17(21)14-6-11(2)23-12(14)3/h4-8H,9H2,1-3H3. The van der Waals surface area contributed by atoms with E-state index in [-0.39, 0.29) is 12.2 Å². The molecule has 6 heteroatoms. The van der Waals surface area contributed by atoms with Gasteiger partial charge in [-0.05, 0) is 38.5 Å². The third kappa shape index (κ3) is 3.17. The summed E-state index contributed by atoms with van der Waals surface area (Å²) >= 11 is 1.56. The van der Waals surface area contributed by atoms with Crippen LogP contribution in [0.3, 0.4) is 0 Å². The number of thiophene rings is 1. The first kappa shape index (κ1) is 15.4. The van der Waals surface area contributed by atoms with Crippen molar-refractivity contribution in [1.29, 1.82) is 0 Å². The van der Waals surface area contributed by atoms with Crippen LogP contribution >= 0.6 is 11.3 Å². The van der Waals surface area contributed by atoms with Gasteiger partial charge in [0.1, 0.15) is 12.3 Å². The topological polar surface area (TPSA) is 60.7 Å². The van der Waals surface area contributed by atoms with Gasteiger partial charge in [0, 0.05) is 22.0 Å². The molecule has 0 radical (unpaired) electrons. The number of carbonyl (C=O) groups is 1. The van der Waals surface area contributed by atoms with Gasteiger partial charge in [0.15, 0.2) is 0 Å². The Balaban J connectivity index is 1.82. The van der Waals surface area contributed by atoms with E-state index >= 15 is 0 Å². The van der Waals surface area contributed by atoms with Crippen LogP contribution < -0.4 is 5.56 Å². The van der Waals surface area contributed by atoms with E-state index in [1.165, 1.54) is 10.5 Å². The zero-order chi connectivity index (χ0) is 16.6. The molecule has 0 amide bonds. The van der Waals surface area contributed by atoms with Crippen molar-refractivity contribution in [2.45, 2.75) is 27.4 Å². The number of carbonyl (C=O) groups excluding carboxylic acids is 1. The lowest BCUT2D eigenvalue weighted by Crippen LogP contribution is -2.17. The minimum absolute atomic E-state index is 0.0210.